The molecule has 0 aliphatic heterocycles. The van der Waals surface area contributed by atoms with Crippen LogP contribution in [0.15, 0.2) is 40.9 Å². The first-order valence-corrected chi connectivity index (χ1v) is 7.03. The zero-order valence-corrected chi connectivity index (χ0v) is 13.4. The van der Waals surface area contributed by atoms with Crippen LogP contribution in [0.4, 0.5) is 5.69 Å². The molecule has 0 bridgehead atoms. The molecule has 0 fully saturated rings. The van der Waals surface area contributed by atoms with Gasteiger partial charge in [0.15, 0.2) is 0 Å². The maximum Gasteiger partial charge on any atom is 0.341 e. The van der Waals surface area contributed by atoms with Gasteiger partial charge in [-0.2, -0.15) is 0 Å². The van der Waals surface area contributed by atoms with E-state index >= 15 is 0 Å². The fraction of sp³-hybridized carbons (Fsp3) is 0.133. The van der Waals surface area contributed by atoms with E-state index in [1.807, 2.05) is 0 Å². The van der Waals surface area contributed by atoms with Crippen LogP contribution >= 0.6 is 15.9 Å². The van der Waals surface area contributed by atoms with Crippen molar-refractivity contribution in [1.29, 1.82) is 0 Å². The van der Waals surface area contributed by atoms with Gasteiger partial charge in [0.1, 0.15) is 11.3 Å². The SMILES string of the molecule is COC(=O)c1ccccc1Oc1cc(C)c(Br)cc1[N+](=O)[O-]. The summed E-state index contributed by atoms with van der Waals surface area (Å²) in [4.78, 5) is 22.3. The first kappa shape index (κ1) is 16.0. The van der Waals surface area contributed by atoms with E-state index in [9.17, 15) is 14.9 Å². The van der Waals surface area contributed by atoms with Gasteiger partial charge in [-0.1, -0.05) is 28.1 Å². The van der Waals surface area contributed by atoms with Crippen molar-refractivity contribution in [3.05, 3.63) is 62.1 Å². The Hall–Kier alpha value is -2.41. The first-order chi connectivity index (χ1) is 10.4. The normalized spacial score (nSPS) is 10.1. The fourth-order valence-electron chi connectivity index (χ4n) is 1.82. The highest BCUT2D eigenvalue weighted by molar-refractivity contribution is 9.10. The molecule has 2 aromatic carbocycles. The summed E-state index contributed by atoms with van der Waals surface area (Å²) in [5.41, 5.74) is 0.771. The molecule has 0 saturated heterocycles. The number of nitro groups is 1. The topological polar surface area (TPSA) is 78.7 Å². The Morgan fingerprint density at radius 3 is 2.55 bits per heavy atom. The average molecular weight is 366 g/mol. The highest BCUT2D eigenvalue weighted by Crippen LogP contribution is 2.36. The lowest BCUT2D eigenvalue weighted by molar-refractivity contribution is -0.385. The molecular formula is C15H12BrNO5. The van der Waals surface area contributed by atoms with Crippen LogP contribution in [0.2, 0.25) is 0 Å². The van der Waals surface area contributed by atoms with E-state index < -0.39 is 10.9 Å². The van der Waals surface area contributed by atoms with E-state index in [2.05, 4.69) is 20.7 Å². The number of esters is 1. The number of nitro benzene ring substituents is 1. The Morgan fingerprint density at radius 2 is 1.91 bits per heavy atom. The molecule has 0 amide bonds. The Labute approximate surface area is 134 Å². The van der Waals surface area contributed by atoms with Crippen molar-refractivity contribution in [2.24, 2.45) is 0 Å². The van der Waals surface area contributed by atoms with Crippen LogP contribution in [0.1, 0.15) is 15.9 Å². The molecule has 0 unspecified atom stereocenters. The number of carbonyl (C=O) groups is 1. The standard InChI is InChI=1S/C15H12BrNO5/c1-9-7-14(12(17(19)20)8-11(9)16)22-13-6-4-3-5-10(13)15(18)21-2/h3-8H,1-2H3. The van der Waals surface area contributed by atoms with E-state index in [1.165, 1.54) is 25.3 Å². The maximum atomic E-state index is 11.7. The number of benzene rings is 2. The van der Waals surface area contributed by atoms with E-state index in [0.29, 0.717) is 4.47 Å². The number of nitrogens with zero attached hydrogens (tertiary/aromatic N) is 1. The Balaban J connectivity index is 2.50. The van der Waals surface area contributed by atoms with Crippen LogP contribution < -0.4 is 4.74 Å². The van der Waals surface area contributed by atoms with Gasteiger partial charge in [0.05, 0.1) is 12.0 Å². The van der Waals surface area contributed by atoms with Crippen molar-refractivity contribution in [2.45, 2.75) is 6.92 Å². The summed E-state index contributed by atoms with van der Waals surface area (Å²) in [5.74, 6) is -0.326. The number of aryl methyl sites for hydroxylation is 1. The van der Waals surface area contributed by atoms with Crippen LogP contribution in [0.5, 0.6) is 11.5 Å². The maximum absolute atomic E-state index is 11.7. The minimum Gasteiger partial charge on any atom is -0.465 e. The minimum atomic E-state index is -0.577. The predicted octanol–water partition coefficient (Wildman–Crippen LogP) is 4.24. The van der Waals surface area contributed by atoms with Gasteiger partial charge in [-0.3, -0.25) is 10.1 Å². The van der Waals surface area contributed by atoms with Crippen LogP contribution in [-0.2, 0) is 4.74 Å². The summed E-state index contributed by atoms with van der Waals surface area (Å²) in [7, 11) is 1.26. The molecule has 0 aliphatic carbocycles. The van der Waals surface area contributed by atoms with Gasteiger partial charge in [-0.05, 0) is 30.7 Å². The lowest BCUT2D eigenvalue weighted by atomic mass is 10.2. The van der Waals surface area contributed by atoms with Crippen molar-refractivity contribution in [2.75, 3.05) is 7.11 Å². The highest BCUT2D eigenvalue weighted by atomic mass is 79.9. The lowest BCUT2D eigenvalue weighted by Gasteiger charge is -2.11. The van der Waals surface area contributed by atoms with E-state index in [0.717, 1.165) is 5.56 Å². The second kappa shape index (κ2) is 6.57. The number of ether oxygens (including phenoxy) is 2. The number of methoxy groups -OCH3 is 1. The summed E-state index contributed by atoms with van der Waals surface area (Å²) in [6.45, 7) is 1.78. The molecule has 0 aromatic heterocycles. The molecule has 114 valence electrons. The number of carbonyl (C=O) groups excluding carboxylic acids is 1. The quantitative estimate of drug-likeness (QED) is 0.459. The van der Waals surface area contributed by atoms with Gasteiger partial charge in [0.25, 0.3) is 0 Å². The van der Waals surface area contributed by atoms with Crippen molar-refractivity contribution >= 4 is 27.6 Å². The summed E-state index contributed by atoms with van der Waals surface area (Å²) in [6.07, 6.45) is 0. The zero-order valence-electron chi connectivity index (χ0n) is 11.8. The molecule has 0 spiro atoms. The van der Waals surface area contributed by atoms with Gasteiger partial charge in [-0.25, -0.2) is 4.79 Å². The number of rotatable bonds is 4. The minimum absolute atomic E-state index is 0.0575. The smallest absolute Gasteiger partial charge is 0.341 e. The zero-order chi connectivity index (χ0) is 16.3. The Morgan fingerprint density at radius 1 is 1.23 bits per heavy atom. The molecule has 0 radical (unpaired) electrons. The van der Waals surface area contributed by atoms with Crippen molar-refractivity contribution in [1.82, 2.24) is 0 Å². The molecule has 2 aromatic rings. The summed E-state index contributed by atoms with van der Waals surface area (Å²) in [5, 5.41) is 11.2. The molecule has 0 aliphatic rings. The van der Waals surface area contributed by atoms with Crippen LogP contribution in [0, 0.1) is 17.0 Å². The third kappa shape index (κ3) is 3.25. The van der Waals surface area contributed by atoms with Crippen LogP contribution in [-0.4, -0.2) is 18.0 Å². The molecule has 2 rings (SSSR count). The fourth-order valence-corrected chi connectivity index (χ4v) is 2.15. The second-order valence-electron chi connectivity index (χ2n) is 4.42. The van der Waals surface area contributed by atoms with Gasteiger partial charge in [-0.15, -0.1) is 0 Å². The van der Waals surface area contributed by atoms with Crippen LogP contribution in [0.3, 0.4) is 0 Å². The summed E-state index contributed by atoms with van der Waals surface area (Å²) < 4.78 is 10.9. The molecule has 0 saturated carbocycles. The van der Waals surface area contributed by atoms with E-state index in [1.54, 1.807) is 25.1 Å². The second-order valence-corrected chi connectivity index (χ2v) is 5.27. The predicted molar refractivity (Wildman–Crippen MR) is 83.4 cm³/mol. The number of para-hydroxylation sites is 1. The molecular weight excluding hydrogens is 354 g/mol. The number of halogens is 1. The number of hydrogen-bond acceptors (Lipinski definition) is 5. The first-order valence-electron chi connectivity index (χ1n) is 6.23. The van der Waals surface area contributed by atoms with E-state index in [-0.39, 0.29) is 22.7 Å². The monoisotopic (exact) mass is 365 g/mol. The van der Waals surface area contributed by atoms with Crippen molar-refractivity contribution in [3.8, 4) is 11.5 Å². The molecule has 0 atom stereocenters. The molecule has 6 nitrogen and oxygen atoms in total. The number of hydrogen-bond donors (Lipinski definition) is 0. The Bertz CT molecular complexity index is 745. The summed E-state index contributed by atoms with van der Waals surface area (Å²) in [6, 6.07) is 9.30. The highest BCUT2D eigenvalue weighted by Gasteiger charge is 2.20. The van der Waals surface area contributed by atoms with Gasteiger partial charge >= 0.3 is 11.7 Å². The van der Waals surface area contributed by atoms with Gasteiger partial charge < -0.3 is 9.47 Å². The molecule has 22 heavy (non-hydrogen) atoms. The molecule has 0 heterocycles. The lowest BCUT2D eigenvalue weighted by Crippen LogP contribution is -2.04. The third-order valence-electron chi connectivity index (χ3n) is 2.95. The largest absolute Gasteiger partial charge is 0.465 e. The van der Waals surface area contributed by atoms with Crippen molar-refractivity contribution < 1.29 is 19.2 Å². The van der Waals surface area contributed by atoms with Crippen molar-refractivity contribution in [3.63, 3.8) is 0 Å². The average Bonchev–Trinajstić information content (AvgIpc) is 2.50. The van der Waals surface area contributed by atoms with Gasteiger partial charge in [0.2, 0.25) is 5.75 Å². The Kier molecular flexibility index (Phi) is 4.77. The third-order valence-corrected chi connectivity index (χ3v) is 3.80. The summed E-state index contributed by atoms with van der Waals surface area (Å²) >= 11 is 3.25. The molecule has 0 N–H and O–H groups in total. The van der Waals surface area contributed by atoms with Crippen LogP contribution in [0.25, 0.3) is 0 Å². The van der Waals surface area contributed by atoms with Gasteiger partial charge in [0, 0.05) is 10.5 Å². The molecule has 7 heteroatoms. The van der Waals surface area contributed by atoms with E-state index in [4.69, 9.17) is 4.74 Å².